The van der Waals surface area contributed by atoms with Gasteiger partial charge in [0.15, 0.2) is 0 Å². The fourth-order valence-electron chi connectivity index (χ4n) is 2.48. The summed E-state index contributed by atoms with van der Waals surface area (Å²) in [4.78, 5) is 13.1. The number of aliphatic carboxylic acids is 1. The predicted octanol–water partition coefficient (Wildman–Crippen LogP) is 1.11. The molecule has 1 atom stereocenters. The van der Waals surface area contributed by atoms with Crippen LogP contribution in [0.5, 0.6) is 0 Å². The topological polar surface area (TPSA) is 84.1 Å². The van der Waals surface area contributed by atoms with E-state index < -0.39 is 5.97 Å². The molecule has 2 heterocycles. The zero-order valence-electron chi connectivity index (χ0n) is 11.7. The van der Waals surface area contributed by atoms with Gasteiger partial charge >= 0.3 is 5.97 Å². The summed E-state index contributed by atoms with van der Waals surface area (Å²) >= 11 is 1.16. The van der Waals surface area contributed by atoms with E-state index in [2.05, 4.69) is 27.3 Å². The molecule has 0 aromatic carbocycles. The van der Waals surface area contributed by atoms with E-state index in [0.29, 0.717) is 11.2 Å². The second kappa shape index (κ2) is 7.58. The average Bonchev–Trinajstić information content (AvgIpc) is 2.86. The zero-order valence-corrected chi connectivity index (χ0v) is 12.6. The van der Waals surface area contributed by atoms with Crippen molar-refractivity contribution in [2.24, 2.45) is 0 Å². The molecule has 1 unspecified atom stereocenters. The van der Waals surface area contributed by atoms with E-state index in [4.69, 9.17) is 5.11 Å². The number of aryl methyl sites for hydroxylation is 1. The van der Waals surface area contributed by atoms with Crippen molar-refractivity contribution in [3.63, 3.8) is 0 Å². The van der Waals surface area contributed by atoms with Crippen molar-refractivity contribution >= 4 is 17.7 Å². The Morgan fingerprint density at radius 2 is 2.30 bits per heavy atom. The highest BCUT2D eigenvalue weighted by Crippen LogP contribution is 2.17. The van der Waals surface area contributed by atoms with Crippen LogP contribution in [0.3, 0.4) is 0 Å². The molecule has 8 heteroatoms. The van der Waals surface area contributed by atoms with Gasteiger partial charge in [0.25, 0.3) is 0 Å². The summed E-state index contributed by atoms with van der Waals surface area (Å²) in [7, 11) is 0. The fourth-order valence-corrected chi connectivity index (χ4v) is 3.10. The van der Waals surface area contributed by atoms with Crippen LogP contribution in [0.4, 0.5) is 0 Å². The predicted molar refractivity (Wildman–Crippen MR) is 75.7 cm³/mol. The van der Waals surface area contributed by atoms with Crippen molar-refractivity contribution in [2.75, 3.05) is 18.8 Å². The van der Waals surface area contributed by atoms with Crippen LogP contribution in [-0.4, -0.2) is 61.1 Å². The summed E-state index contributed by atoms with van der Waals surface area (Å²) in [5, 5.41) is 20.6. The first kappa shape index (κ1) is 15.2. The lowest BCUT2D eigenvalue weighted by Gasteiger charge is -2.33. The number of piperidine rings is 1. The molecule has 1 aliphatic heterocycles. The van der Waals surface area contributed by atoms with Crippen LogP contribution in [0.25, 0.3) is 0 Å². The number of nitrogens with zero attached hydrogens (tertiary/aromatic N) is 5. The first-order valence-electron chi connectivity index (χ1n) is 7.01. The lowest BCUT2D eigenvalue weighted by molar-refractivity contribution is -0.133. The Kier molecular flexibility index (Phi) is 5.78. The molecule has 0 saturated carbocycles. The van der Waals surface area contributed by atoms with Gasteiger partial charge in [-0.2, -0.15) is 0 Å². The van der Waals surface area contributed by atoms with E-state index in [1.807, 2.05) is 0 Å². The van der Waals surface area contributed by atoms with E-state index in [1.165, 1.54) is 25.8 Å². The minimum absolute atomic E-state index is 0.0104. The first-order valence-corrected chi connectivity index (χ1v) is 8.00. The molecule has 0 radical (unpaired) electrons. The SMILES string of the molecule is CC1CCCCN1CCCn1nnnc1SCC(=O)O. The van der Waals surface area contributed by atoms with Gasteiger partial charge in [0.1, 0.15) is 0 Å². The number of rotatable bonds is 7. The Morgan fingerprint density at radius 1 is 1.45 bits per heavy atom. The molecule has 1 fully saturated rings. The van der Waals surface area contributed by atoms with Crippen LogP contribution < -0.4 is 0 Å². The van der Waals surface area contributed by atoms with Gasteiger partial charge in [-0.15, -0.1) is 5.10 Å². The van der Waals surface area contributed by atoms with E-state index in [0.717, 1.165) is 31.3 Å². The third kappa shape index (κ3) is 4.45. The summed E-state index contributed by atoms with van der Waals surface area (Å²) in [6.07, 6.45) is 4.89. The van der Waals surface area contributed by atoms with Crippen LogP contribution in [0, 0.1) is 0 Å². The summed E-state index contributed by atoms with van der Waals surface area (Å²) in [5.41, 5.74) is 0. The Balaban J connectivity index is 1.76. The molecule has 112 valence electrons. The Morgan fingerprint density at radius 3 is 3.05 bits per heavy atom. The molecule has 1 aliphatic rings. The molecule has 1 saturated heterocycles. The van der Waals surface area contributed by atoms with Crippen LogP contribution in [-0.2, 0) is 11.3 Å². The molecule has 20 heavy (non-hydrogen) atoms. The number of carboxylic acids is 1. The summed E-state index contributed by atoms with van der Waals surface area (Å²) in [6.45, 7) is 5.24. The standard InChI is InChI=1S/C12H21N5O2S/c1-10-5-2-3-6-16(10)7-4-8-17-12(13-14-15-17)20-9-11(18)19/h10H,2-9H2,1H3,(H,18,19). The molecule has 0 spiro atoms. The lowest BCUT2D eigenvalue weighted by atomic mass is 10.0. The zero-order chi connectivity index (χ0) is 14.4. The molecular weight excluding hydrogens is 278 g/mol. The van der Waals surface area contributed by atoms with Crippen molar-refractivity contribution < 1.29 is 9.90 Å². The van der Waals surface area contributed by atoms with Gasteiger partial charge in [0, 0.05) is 19.1 Å². The molecule has 1 aromatic rings. The molecule has 7 nitrogen and oxygen atoms in total. The van der Waals surface area contributed by atoms with Crippen molar-refractivity contribution in [3.8, 4) is 0 Å². The number of carbonyl (C=O) groups is 1. The number of aromatic nitrogens is 4. The third-order valence-corrected chi connectivity index (χ3v) is 4.52. The second-order valence-electron chi connectivity index (χ2n) is 5.10. The number of hydrogen-bond acceptors (Lipinski definition) is 6. The summed E-state index contributed by atoms with van der Waals surface area (Å²) in [6, 6.07) is 0.665. The monoisotopic (exact) mass is 299 g/mol. The summed E-state index contributed by atoms with van der Waals surface area (Å²) < 4.78 is 1.70. The van der Waals surface area contributed by atoms with Gasteiger partial charge in [0.2, 0.25) is 5.16 Å². The van der Waals surface area contributed by atoms with E-state index in [-0.39, 0.29) is 5.75 Å². The molecule has 1 aromatic heterocycles. The molecule has 0 amide bonds. The van der Waals surface area contributed by atoms with Crippen molar-refractivity contribution in [1.29, 1.82) is 0 Å². The van der Waals surface area contributed by atoms with Gasteiger partial charge in [-0.1, -0.05) is 18.2 Å². The molecule has 0 aliphatic carbocycles. The maximum Gasteiger partial charge on any atom is 0.313 e. The Labute approximate surface area is 122 Å². The van der Waals surface area contributed by atoms with Crippen LogP contribution in [0.2, 0.25) is 0 Å². The van der Waals surface area contributed by atoms with Crippen LogP contribution in [0.1, 0.15) is 32.6 Å². The highest BCUT2D eigenvalue weighted by molar-refractivity contribution is 7.99. The molecule has 1 N–H and O–H groups in total. The summed E-state index contributed by atoms with van der Waals surface area (Å²) in [5.74, 6) is -0.865. The quantitative estimate of drug-likeness (QED) is 0.755. The minimum atomic E-state index is -0.855. The highest BCUT2D eigenvalue weighted by atomic mass is 32.2. The normalized spacial score (nSPS) is 20.1. The molecule has 0 bridgehead atoms. The second-order valence-corrected chi connectivity index (χ2v) is 6.04. The van der Waals surface area contributed by atoms with Gasteiger partial charge in [-0.05, 0) is 43.2 Å². The Bertz CT molecular complexity index is 439. The maximum atomic E-state index is 10.6. The van der Waals surface area contributed by atoms with Crippen LogP contribution in [0.15, 0.2) is 5.16 Å². The van der Waals surface area contributed by atoms with E-state index >= 15 is 0 Å². The highest BCUT2D eigenvalue weighted by Gasteiger charge is 2.17. The largest absolute Gasteiger partial charge is 0.481 e. The average molecular weight is 299 g/mol. The third-order valence-electron chi connectivity index (χ3n) is 3.58. The Hall–Kier alpha value is -1.15. The van der Waals surface area contributed by atoms with Crippen molar-refractivity contribution in [1.82, 2.24) is 25.1 Å². The maximum absolute atomic E-state index is 10.6. The minimum Gasteiger partial charge on any atom is -0.481 e. The van der Waals surface area contributed by atoms with E-state index in [1.54, 1.807) is 4.68 Å². The fraction of sp³-hybridized carbons (Fsp3) is 0.833. The molecular formula is C12H21N5O2S. The van der Waals surface area contributed by atoms with Crippen molar-refractivity contribution in [3.05, 3.63) is 0 Å². The van der Waals surface area contributed by atoms with Gasteiger partial charge in [-0.3, -0.25) is 4.79 Å². The van der Waals surface area contributed by atoms with E-state index in [9.17, 15) is 4.79 Å². The molecule has 2 rings (SSSR count). The first-order chi connectivity index (χ1) is 9.66. The number of likely N-dealkylation sites (tertiary alicyclic amines) is 1. The van der Waals surface area contributed by atoms with Gasteiger partial charge < -0.3 is 10.0 Å². The number of carboxylic acid groups (broad SMARTS) is 1. The number of thioether (sulfide) groups is 1. The number of hydrogen-bond donors (Lipinski definition) is 1. The van der Waals surface area contributed by atoms with Crippen LogP contribution >= 0.6 is 11.8 Å². The van der Waals surface area contributed by atoms with Crippen molar-refractivity contribution in [2.45, 2.75) is 50.4 Å². The van der Waals surface area contributed by atoms with Gasteiger partial charge in [0.05, 0.1) is 5.75 Å². The number of tetrazole rings is 1. The smallest absolute Gasteiger partial charge is 0.313 e. The lowest BCUT2D eigenvalue weighted by Crippen LogP contribution is -2.38. The van der Waals surface area contributed by atoms with Gasteiger partial charge in [-0.25, -0.2) is 4.68 Å².